The molecule has 3 atom stereocenters. The third kappa shape index (κ3) is 4.75. The van der Waals surface area contributed by atoms with E-state index in [0.717, 1.165) is 52.7 Å². The van der Waals surface area contributed by atoms with Gasteiger partial charge in [-0.05, 0) is 37.6 Å². The predicted octanol–water partition coefficient (Wildman–Crippen LogP) is 3.91. The molecule has 4 rings (SSSR count). The van der Waals surface area contributed by atoms with Crippen molar-refractivity contribution in [3.63, 3.8) is 0 Å². The Bertz CT molecular complexity index is 1290. The van der Waals surface area contributed by atoms with E-state index in [4.69, 9.17) is 0 Å². The number of nitrogens with one attached hydrogen (secondary N) is 1. The van der Waals surface area contributed by atoms with Crippen LogP contribution in [0.25, 0.3) is 0 Å². The van der Waals surface area contributed by atoms with Crippen LogP contribution in [0.15, 0.2) is 53.4 Å². The van der Waals surface area contributed by atoms with E-state index in [0.29, 0.717) is 0 Å². The largest absolute Gasteiger partial charge is 0.480 e. The molecule has 0 saturated carbocycles. The van der Waals surface area contributed by atoms with E-state index < -0.39 is 55.5 Å². The van der Waals surface area contributed by atoms with Crippen molar-refractivity contribution in [2.75, 3.05) is 0 Å². The number of carbonyl (C=O) groups excluding carboxylic acids is 2. The van der Waals surface area contributed by atoms with E-state index in [-0.39, 0.29) is 22.6 Å². The molecule has 1 unspecified atom stereocenters. The number of hydrogen-bond acceptors (Lipinski definition) is 7. The van der Waals surface area contributed by atoms with Crippen LogP contribution in [0.3, 0.4) is 0 Å². The molecule has 2 fully saturated rings. The van der Waals surface area contributed by atoms with Gasteiger partial charge in [0.1, 0.15) is 11.4 Å². The summed E-state index contributed by atoms with van der Waals surface area (Å²) < 4.78 is 37.6. The topological polar surface area (TPSA) is 130 Å². The predicted molar refractivity (Wildman–Crippen MR) is 129 cm³/mol. The SMILES string of the molecule is CC1(C)S[C@H]2N(C(=O)C2(NC(=O)Cc2ccc(C(F)(F)F)cc2)Sc2ccccc2[N+](=O)[O-])[C@H]1C(=O)O. The summed E-state index contributed by atoms with van der Waals surface area (Å²) in [5.74, 6) is -2.67. The smallest absolute Gasteiger partial charge is 0.416 e. The van der Waals surface area contributed by atoms with Gasteiger partial charge in [0.15, 0.2) is 0 Å². The van der Waals surface area contributed by atoms with E-state index in [1.54, 1.807) is 13.8 Å². The van der Waals surface area contributed by atoms with Crippen LogP contribution in [-0.4, -0.2) is 53.7 Å². The van der Waals surface area contributed by atoms with Crippen LogP contribution in [0.1, 0.15) is 25.0 Å². The van der Waals surface area contributed by atoms with Crippen molar-refractivity contribution < 1.29 is 37.6 Å². The van der Waals surface area contributed by atoms with Crippen molar-refractivity contribution in [2.24, 2.45) is 0 Å². The molecular formula is C23H20F3N3O6S2. The Morgan fingerprint density at radius 2 is 1.81 bits per heavy atom. The van der Waals surface area contributed by atoms with Gasteiger partial charge in [-0.2, -0.15) is 13.2 Å². The zero-order valence-electron chi connectivity index (χ0n) is 19.3. The third-order valence-electron chi connectivity index (χ3n) is 6.04. The molecule has 14 heteroatoms. The number of aliphatic carboxylic acids is 1. The minimum atomic E-state index is -4.54. The number of amides is 2. The first kappa shape index (κ1) is 26.8. The van der Waals surface area contributed by atoms with Crippen LogP contribution in [-0.2, 0) is 27.0 Å². The van der Waals surface area contributed by atoms with Crippen molar-refractivity contribution in [3.8, 4) is 0 Å². The Kier molecular flexibility index (Phi) is 6.69. The number of fused-ring (bicyclic) bond motifs is 1. The Hall–Kier alpha value is -3.26. The van der Waals surface area contributed by atoms with Crippen LogP contribution < -0.4 is 5.32 Å². The number of thioether (sulfide) groups is 2. The fourth-order valence-electron chi connectivity index (χ4n) is 4.38. The Balaban J connectivity index is 1.66. The summed E-state index contributed by atoms with van der Waals surface area (Å²) in [6.07, 6.45) is -4.91. The lowest BCUT2D eigenvalue weighted by Crippen LogP contribution is -2.78. The van der Waals surface area contributed by atoms with Gasteiger partial charge in [0.05, 0.1) is 21.8 Å². The van der Waals surface area contributed by atoms with Gasteiger partial charge >= 0.3 is 12.1 Å². The van der Waals surface area contributed by atoms with E-state index in [9.17, 15) is 42.8 Å². The molecule has 37 heavy (non-hydrogen) atoms. The van der Waals surface area contributed by atoms with Crippen LogP contribution in [0.5, 0.6) is 0 Å². The Morgan fingerprint density at radius 3 is 2.38 bits per heavy atom. The maximum absolute atomic E-state index is 13.5. The maximum Gasteiger partial charge on any atom is 0.416 e. The number of halogens is 3. The summed E-state index contributed by atoms with van der Waals surface area (Å²) >= 11 is 1.89. The zero-order chi connectivity index (χ0) is 27.3. The molecule has 0 radical (unpaired) electrons. The summed E-state index contributed by atoms with van der Waals surface area (Å²) in [4.78, 5) is 48.9. The molecular weight excluding hydrogens is 535 g/mol. The lowest BCUT2D eigenvalue weighted by molar-refractivity contribution is -0.387. The molecule has 2 aromatic carbocycles. The van der Waals surface area contributed by atoms with Gasteiger partial charge in [-0.25, -0.2) is 4.79 Å². The van der Waals surface area contributed by atoms with Gasteiger partial charge in [0.25, 0.3) is 11.6 Å². The van der Waals surface area contributed by atoms with Crippen molar-refractivity contribution >= 4 is 47.0 Å². The first-order valence-corrected chi connectivity index (χ1v) is 12.5. The number of para-hydroxylation sites is 1. The number of benzene rings is 2. The van der Waals surface area contributed by atoms with E-state index in [1.807, 2.05) is 0 Å². The molecule has 2 amide bonds. The average Bonchev–Trinajstić information content (AvgIpc) is 3.07. The highest BCUT2D eigenvalue weighted by Crippen LogP contribution is 2.60. The van der Waals surface area contributed by atoms with Gasteiger partial charge in [0.2, 0.25) is 10.8 Å². The van der Waals surface area contributed by atoms with Crippen LogP contribution in [0.2, 0.25) is 0 Å². The number of hydrogen-bond donors (Lipinski definition) is 2. The number of nitro benzene ring substituents is 1. The molecule has 2 aliphatic rings. The van der Waals surface area contributed by atoms with Gasteiger partial charge < -0.3 is 15.3 Å². The summed E-state index contributed by atoms with van der Waals surface area (Å²) in [7, 11) is 0. The number of carboxylic acids is 1. The van der Waals surface area contributed by atoms with Gasteiger partial charge in [-0.3, -0.25) is 19.7 Å². The van der Waals surface area contributed by atoms with Crippen molar-refractivity contribution in [2.45, 2.75) is 52.4 Å². The molecule has 2 aliphatic heterocycles. The first-order valence-electron chi connectivity index (χ1n) is 10.8. The molecule has 2 aromatic rings. The highest BCUT2D eigenvalue weighted by atomic mass is 32.2. The standard InChI is InChI=1S/C23H20F3N3O6S2/c1-21(2)17(18(31)32)28-19(33)22(20(28)37-21,36-15-6-4-3-5-14(15)29(34)35)27-16(30)11-12-7-9-13(10-8-12)23(24,25)26/h3-10,17,20H,11H2,1-2H3,(H,27,30)(H,31,32)/t17-,20+,22?/m0/s1. The second-order valence-electron chi connectivity index (χ2n) is 9.01. The number of carboxylic acid groups (broad SMARTS) is 1. The highest BCUT2D eigenvalue weighted by molar-refractivity contribution is 8.06. The third-order valence-corrected chi connectivity index (χ3v) is 9.21. The number of nitro groups is 1. The fraction of sp³-hybridized carbons (Fsp3) is 0.348. The van der Waals surface area contributed by atoms with Crippen LogP contribution >= 0.6 is 23.5 Å². The second kappa shape index (κ2) is 9.24. The number of alkyl halides is 3. The normalized spacial score (nSPS) is 24.2. The molecule has 196 valence electrons. The quantitative estimate of drug-likeness (QED) is 0.228. The number of rotatable bonds is 7. The van der Waals surface area contributed by atoms with Crippen LogP contribution in [0, 0.1) is 10.1 Å². The summed E-state index contributed by atoms with van der Waals surface area (Å²) in [6, 6.07) is 8.41. The summed E-state index contributed by atoms with van der Waals surface area (Å²) in [5.41, 5.74) is -0.927. The fourth-order valence-corrected chi connectivity index (χ4v) is 7.56. The number of carbonyl (C=O) groups is 3. The van der Waals surface area contributed by atoms with Crippen LogP contribution in [0.4, 0.5) is 18.9 Å². The van der Waals surface area contributed by atoms with E-state index in [2.05, 4.69) is 5.32 Å². The molecule has 2 heterocycles. The highest BCUT2D eigenvalue weighted by Gasteiger charge is 2.73. The lowest BCUT2D eigenvalue weighted by atomic mass is 9.95. The van der Waals surface area contributed by atoms with Crippen molar-refractivity contribution in [1.29, 1.82) is 0 Å². The second-order valence-corrected chi connectivity index (χ2v) is 12.0. The lowest BCUT2D eigenvalue weighted by Gasteiger charge is -2.52. The number of nitrogens with zero attached hydrogens (tertiary/aromatic N) is 2. The van der Waals surface area contributed by atoms with Gasteiger partial charge in [-0.15, -0.1) is 11.8 Å². The minimum Gasteiger partial charge on any atom is -0.480 e. The Labute approximate surface area is 216 Å². The zero-order valence-corrected chi connectivity index (χ0v) is 20.9. The van der Waals surface area contributed by atoms with E-state index in [1.165, 1.54) is 24.3 Å². The minimum absolute atomic E-state index is 0.0903. The monoisotopic (exact) mass is 555 g/mol. The first-order chi connectivity index (χ1) is 17.2. The molecule has 2 saturated heterocycles. The molecule has 0 spiro atoms. The average molecular weight is 556 g/mol. The summed E-state index contributed by atoms with van der Waals surface area (Å²) in [6.45, 7) is 3.29. The van der Waals surface area contributed by atoms with Gasteiger partial charge in [0, 0.05) is 10.8 Å². The number of β-lactam (4-membered cyclic amide) rings is 1. The summed E-state index contributed by atoms with van der Waals surface area (Å²) in [5, 5.41) is 23.1. The Morgan fingerprint density at radius 1 is 1.19 bits per heavy atom. The molecule has 0 bridgehead atoms. The van der Waals surface area contributed by atoms with Gasteiger partial charge in [-0.1, -0.05) is 36.0 Å². The molecule has 9 nitrogen and oxygen atoms in total. The molecule has 2 N–H and O–H groups in total. The van der Waals surface area contributed by atoms with Crippen molar-refractivity contribution in [3.05, 3.63) is 69.8 Å². The van der Waals surface area contributed by atoms with Crippen molar-refractivity contribution in [1.82, 2.24) is 10.2 Å². The van der Waals surface area contributed by atoms with E-state index >= 15 is 0 Å². The maximum atomic E-state index is 13.5. The molecule has 0 aliphatic carbocycles. The molecule has 0 aromatic heterocycles.